The van der Waals surface area contributed by atoms with E-state index >= 15 is 0 Å². The van der Waals surface area contributed by atoms with E-state index in [1.54, 1.807) is 6.08 Å². The molecule has 0 aliphatic carbocycles. The van der Waals surface area contributed by atoms with Gasteiger partial charge in [0.1, 0.15) is 23.0 Å². The summed E-state index contributed by atoms with van der Waals surface area (Å²) in [4.78, 5) is 5.06. The average molecular weight is 877 g/mol. The minimum absolute atomic E-state index is 0.0140. The topological polar surface area (TPSA) is 28.3 Å². The van der Waals surface area contributed by atoms with E-state index in [0.717, 1.165) is 83.8 Å². The summed E-state index contributed by atoms with van der Waals surface area (Å²) in [5.41, 5.74) is 10.9. The van der Waals surface area contributed by atoms with Crippen LogP contribution in [0.5, 0.6) is 23.0 Å². The first-order valence-electron chi connectivity index (χ1n) is 22.6. The highest BCUT2D eigenvalue weighted by Gasteiger charge is 2.41. The number of aromatic nitrogens is 2. The van der Waals surface area contributed by atoms with Gasteiger partial charge in [0.05, 0.1) is 27.9 Å². The van der Waals surface area contributed by atoms with E-state index < -0.39 is 10.0 Å². The quantitative estimate of drug-likeness (QED) is 0.118. The molecule has 0 atom stereocenters. The van der Waals surface area contributed by atoms with E-state index in [2.05, 4.69) is 228 Å². The van der Waals surface area contributed by atoms with Gasteiger partial charge in [-0.25, -0.2) is 0 Å². The maximum absolute atomic E-state index is 6.86. The first kappa shape index (κ1) is 39.0. The van der Waals surface area contributed by atoms with Gasteiger partial charge in [-0.1, -0.05) is 115 Å². The van der Waals surface area contributed by atoms with Crippen LogP contribution in [0.4, 0.5) is 0 Å². The molecule has 0 fully saturated rings. The SMILES string of the molecule is C#C/C=C\c1c(C)c2ccccc2n1-c1ccc2c(c1)c1cc(S(c3ccccc3)(c3ccccc3)c3ccccc3)ccc1n2-c1cc2c3c(c1)Oc1ccccc1B3c1ccccc1O2. The molecule has 6 heteroatoms. The number of terminal acetylenes is 1. The Kier molecular flexibility index (Phi) is 8.96. The highest BCUT2D eigenvalue weighted by atomic mass is 32.3. The summed E-state index contributed by atoms with van der Waals surface area (Å²) < 4.78 is 18.5. The van der Waals surface area contributed by atoms with Gasteiger partial charge >= 0.3 is 0 Å². The fourth-order valence-electron chi connectivity index (χ4n) is 10.8. The van der Waals surface area contributed by atoms with Crippen LogP contribution in [0.15, 0.2) is 238 Å². The summed E-state index contributed by atoms with van der Waals surface area (Å²) in [6.07, 6.45) is 9.69. The van der Waals surface area contributed by atoms with Gasteiger partial charge in [0.2, 0.25) is 0 Å². The molecule has 2 aliphatic rings. The number of fused-ring (bicyclic) bond motifs is 8. The molecular formula is C61H41BN2O2S. The van der Waals surface area contributed by atoms with E-state index in [1.165, 1.54) is 30.5 Å². The third kappa shape index (κ3) is 5.85. The first-order valence-corrected chi connectivity index (χ1v) is 24.3. The Balaban J connectivity index is 1.12. The number of benzene rings is 9. The third-order valence-electron chi connectivity index (χ3n) is 13.7. The van der Waals surface area contributed by atoms with Crippen LogP contribution in [0.1, 0.15) is 11.3 Å². The van der Waals surface area contributed by atoms with Crippen molar-refractivity contribution in [2.75, 3.05) is 0 Å². The lowest BCUT2D eigenvalue weighted by Crippen LogP contribution is -2.57. The van der Waals surface area contributed by atoms with Crippen LogP contribution in [0, 0.1) is 19.3 Å². The number of hydrogen-bond donors (Lipinski definition) is 0. The number of rotatable bonds is 7. The van der Waals surface area contributed by atoms with Gasteiger partial charge in [0, 0.05) is 59.0 Å². The van der Waals surface area contributed by atoms with Crippen molar-refractivity contribution in [2.24, 2.45) is 0 Å². The van der Waals surface area contributed by atoms with Crippen LogP contribution in [0.3, 0.4) is 0 Å². The molecule has 0 bridgehead atoms. The van der Waals surface area contributed by atoms with E-state index in [9.17, 15) is 0 Å². The lowest BCUT2D eigenvalue weighted by molar-refractivity contribution is 0.464. The van der Waals surface area contributed by atoms with Crippen molar-refractivity contribution in [1.29, 1.82) is 0 Å². The Morgan fingerprint density at radius 1 is 0.463 bits per heavy atom. The number of allylic oxidation sites excluding steroid dienone is 1. The molecule has 4 nitrogen and oxygen atoms in total. The van der Waals surface area contributed by atoms with Gasteiger partial charge in [-0.3, -0.25) is 0 Å². The summed E-state index contributed by atoms with van der Waals surface area (Å²) in [6.45, 7) is 2.17. The Bertz CT molecular complexity index is 3680. The van der Waals surface area contributed by atoms with Crippen molar-refractivity contribution < 1.29 is 9.47 Å². The van der Waals surface area contributed by atoms with E-state index in [1.807, 2.05) is 12.1 Å². The summed E-state index contributed by atoms with van der Waals surface area (Å²) >= 11 is 0. The monoisotopic (exact) mass is 876 g/mol. The van der Waals surface area contributed by atoms with Crippen molar-refractivity contribution in [3.63, 3.8) is 0 Å². The van der Waals surface area contributed by atoms with Crippen LogP contribution in [0.2, 0.25) is 0 Å². The highest BCUT2D eigenvalue weighted by molar-refractivity contribution is 8.34. The minimum atomic E-state index is -1.99. The number of ether oxygens (including phenoxy) is 2. The second-order valence-corrected chi connectivity index (χ2v) is 20.3. The zero-order chi connectivity index (χ0) is 44.6. The number of nitrogens with zero attached hydrogens (tertiary/aromatic N) is 2. The molecule has 316 valence electrons. The van der Waals surface area contributed by atoms with Crippen LogP contribution in [0.25, 0.3) is 50.2 Å². The molecule has 0 saturated heterocycles. The number of aryl methyl sites for hydroxylation is 1. The predicted molar refractivity (Wildman–Crippen MR) is 278 cm³/mol. The smallest absolute Gasteiger partial charge is 0.260 e. The summed E-state index contributed by atoms with van der Waals surface area (Å²) in [5.74, 6) is 6.06. The zero-order valence-electron chi connectivity index (χ0n) is 36.6. The molecule has 9 aromatic carbocycles. The van der Waals surface area contributed by atoms with E-state index in [-0.39, 0.29) is 6.71 Å². The molecule has 13 rings (SSSR count). The lowest BCUT2D eigenvalue weighted by atomic mass is 9.35. The van der Waals surface area contributed by atoms with Crippen molar-refractivity contribution in [3.05, 3.63) is 230 Å². The zero-order valence-corrected chi connectivity index (χ0v) is 37.5. The van der Waals surface area contributed by atoms with Crippen LogP contribution >= 0.6 is 10.0 Å². The highest BCUT2D eigenvalue weighted by Crippen LogP contribution is 2.73. The van der Waals surface area contributed by atoms with Gasteiger partial charge < -0.3 is 18.6 Å². The Hall–Kier alpha value is -8.37. The second kappa shape index (κ2) is 15.4. The van der Waals surface area contributed by atoms with Gasteiger partial charge in [0.15, 0.2) is 0 Å². The van der Waals surface area contributed by atoms with Crippen LogP contribution in [-0.4, -0.2) is 15.8 Å². The Morgan fingerprint density at radius 2 is 0.970 bits per heavy atom. The van der Waals surface area contributed by atoms with Crippen LogP contribution < -0.4 is 25.9 Å². The fourth-order valence-corrected chi connectivity index (χ4v) is 14.7. The standard InChI is InChI=1S/C61H41BN2O2S/c1-3-4-29-53-41(2)48-26-14-17-30-54(48)63(53)42-33-35-55-49(37-42)50-40-47(67(44-20-8-5-9-21-44,45-22-10-6-11-23-45)46-24-12-7-13-25-46)34-36-56(50)64(55)43-38-59-61-60(39-43)66-58-32-19-16-28-52(58)62(61)51-27-15-18-31-57(51)65-59/h1,4-40H,2H3/b29-4-. The molecule has 0 spiro atoms. The molecular weight excluding hydrogens is 836 g/mol. The Morgan fingerprint density at radius 3 is 1.57 bits per heavy atom. The van der Waals surface area contributed by atoms with E-state index in [0.29, 0.717) is 0 Å². The van der Waals surface area contributed by atoms with E-state index in [4.69, 9.17) is 15.9 Å². The molecule has 0 saturated carbocycles. The fraction of sp³-hybridized carbons (Fsp3) is 0.0164. The van der Waals surface area contributed by atoms with Crippen molar-refractivity contribution in [2.45, 2.75) is 26.5 Å². The maximum Gasteiger partial charge on any atom is 0.260 e. The summed E-state index contributed by atoms with van der Waals surface area (Å²) in [6, 6.07) is 77.0. The van der Waals surface area contributed by atoms with Crippen LogP contribution in [-0.2, 0) is 0 Å². The Labute approximate surface area is 391 Å². The molecule has 2 aromatic heterocycles. The number of para-hydroxylation sites is 3. The molecule has 0 amide bonds. The summed E-state index contributed by atoms with van der Waals surface area (Å²) in [5, 5.41) is 3.46. The normalized spacial score (nSPS) is 12.9. The minimum Gasteiger partial charge on any atom is -0.458 e. The van der Waals surface area contributed by atoms with Gasteiger partial charge in [-0.15, -0.1) is 16.5 Å². The molecule has 4 heterocycles. The third-order valence-corrected chi connectivity index (χ3v) is 17.6. The summed E-state index contributed by atoms with van der Waals surface area (Å²) in [7, 11) is -1.99. The van der Waals surface area contributed by atoms with Gasteiger partial charge in [-0.05, 0) is 127 Å². The van der Waals surface area contributed by atoms with Gasteiger partial charge in [0.25, 0.3) is 6.71 Å². The predicted octanol–water partition coefficient (Wildman–Crippen LogP) is 13.8. The molecule has 11 aromatic rings. The largest absolute Gasteiger partial charge is 0.458 e. The number of hydrogen-bond acceptors (Lipinski definition) is 2. The average Bonchev–Trinajstić information content (AvgIpc) is 3.86. The lowest BCUT2D eigenvalue weighted by Gasteiger charge is -2.42. The molecule has 0 radical (unpaired) electrons. The molecule has 2 aliphatic heterocycles. The second-order valence-electron chi connectivity index (χ2n) is 17.2. The maximum atomic E-state index is 6.86. The van der Waals surface area contributed by atoms with Crippen molar-refractivity contribution in [1.82, 2.24) is 9.13 Å². The van der Waals surface area contributed by atoms with Gasteiger partial charge in [-0.2, -0.15) is 0 Å². The molecule has 0 unspecified atom stereocenters. The van der Waals surface area contributed by atoms with Crippen molar-refractivity contribution >= 4 is 71.9 Å². The first-order chi connectivity index (χ1) is 33.1. The molecule has 0 N–H and O–H groups in total. The molecule has 67 heavy (non-hydrogen) atoms. The van der Waals surface area contributed by atoms with Crippen molar-refractivity contribution in [3.8, 4) is 46.7 Å².